The smallest absolute Gasteiger partial charge is 0.338 e. The van der Waals surface area contributed by atoms with Gasteiger partial charge < -0.3 is 43.4 Å². The number of aliphatic hydroxyl groups is 2. The Morgan fingerprint density at radius 3 is 1.46 bits per heavy atom. The summed E-state index contributed by atoms with van der Waals surface area (Å²) in [5.74, 6) is 1.95. The molecule has 0 saturated carbocycles. The number of hydrogen-bond acceptors (Lipinski definition) is 11. The van der Waals surface area contributed by atoms with Crippen molar-refractivity contribution in [1.29, 1.82) is 0 Å². The van der Waals surface area contributed by atoms with Crippen molar-refractivity contribution in [2.75, 3.05) is 46.2 Å². The molecule has 1 saturated heterocycles. The normalized spacial score (nSPS) is 14.6. The summed E-state index contributed by atoms with van der Waals surface area (Å²) in [4.78, 5) is 24.8. The van der Waals surface area contributed by atoms with Crippen molar-refractivity contribution in [2.45, 2.75) is 71.7 Å². The predicted octanol–water partition coefficient (Wildman–Crippen LogP) is 7.43. The van der Waals surface area contributed by atoms with Crippen LogP contribution in [0.2, 0.25) is 0 Å². The summed E-state index contributed by atoms with van der Waals surface area (Å²) in [6.07, 6.45) is -1.02. The Labute approximate surface area is 335 Å². The highest BCUT2D eigenvalue weighted by Crippen LogP contribution is 2.34. The van der Waals surface area contributed by atoms with Crippen molar-refractivity contribution in [3.8, 4) is 23.0 Å². The summed E-state index contributed by atoms with van der Waals surface area (Å²) in [6, 6.07) is 29.0. The molecule has 0 spiro atoms. The van der Waals surface area contributed by atoms with E-state index >= 15 is 0 Å². The van der Waals surface area contributed by atoms with Gasteiger partial charge in [-0.3, -0.25) is 0 Å². The molecule has 2 atom stereocenters. The number of hydrogen-bond donors (Lipinski definition) is 2. The number of carbonyl (C=O) groups is 2. The van der Waals surface area contributed by atoms with Gasteiger partial charge in [0, 0.05) is 5.41 Å². The molecule has 1 aliphatic rings. The summed E-state index contributed by atoms with van der Waals surface area (Å²) in [7, 11) is 0. The van der Waals surface area contributed by atoms with E-state index in [1.807, 2.05) is 48.5 Å². The second kappa shape index (κ2) is 19.9. The maximum Gasteiger partial charge on any atom is 0.338 e. The predicted molar refractivity (Wildman–Crippen MR) is 215 cm³/mol. The van der Waals surface area contributed by atoms with Gasteiger partial charge in [-0.25, -0.2) is 9.59 Å². The average molecular weight is 785 g/mol. The molecular formula is C46H56O11. The Morgan fingerprint density at radius 2 is 1.04 bits per heavy atom. The lowest BCUT2D eigenvalue weighted by molar-refractivity contribution is -0.149. The third-order valence-electron chi connectivity index (χ3n) is 9.62. The van der Waals surface area contributed by atoms with Gasteiger partial charge in [-0.1, -0.05) is 52.0 Å². The summed E-state index contributed by atoms with van der Waals surface area (Å²) in [5, 5.41) is 20.6. The quantitative estimate of drug-likeness (QED) is 0.0816. The molecule has 4 aromatic carbocycles. The zero-order valence-electron chi connectivity index (χ0n) is 33.8. The molecule has 2 unspecified atom stereocenters. The molecule has 0 radical (unpaired) electrons. The second-order valence-corrected chi connectivity index (χ2v) is 15.9. The summed E-state index contributed by atoms with van der Waals surface area (Å²) < 4.78 is 39.6. The first-order valence-corrected chi connectivity index (χ1v) is 19.5. The van der Waals surface area contributed by atoms with Crippen LogP contribution in [0.5, 0.6) is 23.0 Å². The third-order valence-corrected chi connectivity index (χ3v) is 9.62. The zero-order chi connectivity index (χ0) is 41.0. The van der Waals surface area contributed by atoms with Crippen molar-refractivity contribution in [3.63, 3.8) is 0 Å². The summed E-state index contributed by atoms with van der Waals surface area (Å²) in [6.45, 7) is 13.7. The van der Waals surface area contributed by atoms with Crippen LogP contribution in [-0.2, 0) is 19.6 Å². The Hall–Kier alpha value is -5.10. The van der Waals surface area contributed by atoms with Crippen LogP contribution < -0.4 is 18.9 Å². The Bertz CT molecular complexity index is 1850. The fraction of sp³-hybridized carbons (Fsp3) is 0.435. The Balaban J connectivity index is 1.01. The van der Waals surface area contributed by atoms with Gasteiger partial charge in [-0.05, 0) is 110 Å². The molecule has 0 bridgehead atoms. The van der Waals surface area contributed by atoms with Crippen LogP contribution in [0, 0.1) is 11.3 Å². The van der Waals surface area contributed by atoms with Gasteiger partial charge in [0.2, 0.25) is 0 Å². The van der Waals surface area contributed by atoms with Gasteiger partial charge in [0.15, 0.2) is 0 Å². The molecule has 57 heavy (non-hydrogen) atoms. The molecule has 2 N–H and O–H groups in total. The van der Waals surface area contributed by atoms with Crippen LogP contribution in [0.1, 0.15) is 79.8 Å². The molecule has 11 heteroatoms. The van der Waals surface area contributed by atoms with E-state index in [4.69, 9.17) is 33.2 Å². The van der Waals surface area contributed by atoms with Gasteiger partial charge in [0.25, 0.3) is 0 Å². The van der Waals surface area contributed by atoms with Crippen LogP contribution in [0.4, 0.5) is 0 Å². The van der Waals surface area contributed by atoms with Crippen molar-refractivity contribution >= 4 is 11.9 Å². The number of benzene rings is 4. The fourth-order valence-electron chi connectivity index (χ4n) is 6.13. The van der Waals surface area contributed by atoms with Gasteiger partial charge in [-0.15, -0.1) is 0 Å². The number of rotatable bonds is 21. The van der Waals surface area contributed by atoms with E-state index in [0.29, 0.717) is 67.1 Å². The minimum Gasteiger partial charge on any atom is -0.493 e. The molecule has 0 aliphatic carbocycles. The van der Waals surface area contributed by atoms with E-state index in [1.54, 1.807) is 62.4 Å². The highest BCUT2D eigenvalue weighted by molar-refractivity contribution is 5.90. The molecule has 4 aromatic rings. The molecule has 0 aromatic heterocycles. The largest absolute Gasteiger partial charge is 0.493 e. The van der Waals surface area contributed by atoms with Gasteiger partial charge in [0.05, 0.1) is 42.0 Å². The van der Waals surface area contributed by atoms with Crippen LogP contribution in [0.25, 0.3) is 0 Å². The van der Waals surface area contributed by atoms with Crippen molar-refractivity contribution in [1.82, 2.24) is 0 Å². The molecule has 0 amide bonds. The fourth-order valence-corrected chi connectivity index (χ4v) is 6.13. The van der Waals surface area contributed by atoms with Gasteiger partial charge >= 0.3 is 11.9 Å². The van der Waals surface area contributed by atoms with Crippen LogP contribution in [0.15, 0.2) is 97.1 Å². The Kier molecular flexibility index (Phi) is 15.0. The lowest BCUT2D eigenvalue weighted by Gasteiger charge is -2.40. The maximum atomic E-state index is 12.7. The molecule has 11 nitrogen and oxygen atoms in total. The molecule has 1 fully saturated rings. The molecule has 5 rings (SSSR count). The van der Waals surface area contributed by atoms with Crippen molar-refractivity contribution in [3.05, 3.63) is 119 Å². The second-order valence-electron chi connectivity index (χ2n) is 15.9. The number of aliphatic hydroxyl groups excluding tert-OH is 2. The average Bonchev–Trinajstić information content (AvgIpc) is 3.18. The highest BCUT2D eigenvalue weighted by Gasteiger charge is 2.41. The maximum absolute atomic E-state index is 12.7. The van der Waals surface area contributed by atoms with Crippen LogP contribution in [-0.4, -0.2) is 86.7 Å². The van der Waals surface area contributed by atoms with Gasteiger partial charge in [-0.2, -0.15) is 0 Å². The summed E-state index contributed by atoms with van der Waals surface area (Å²) >= 11 is 0. The molecule has 306 valence electrons. The number of carbonyl (C=O) groups excluding carboxylic acids is 2. The Morgan fingerprint density at radius 1 is 0.614 bits per heavy atom. The topological polar surface area (TPSA) is 139 Å². The third kappa shape index (κ3) is 12.7. The van der Waals surface area contributed by atoms with Gasteiger partial charge in [0.1, 0.15) is 62.1 Å². The van der Waals surface area contributed by atoms with E-state index in [-0.39, 0.29) is 42.7 Å². The van der Waals surface area contributed by atoms with Crippen molar-refractivity contribution in [2.24, 2.45) is 11.3 Å². The SMILES string of the molecule is CC(C)CC(O)COc1ccc(C(C)(C)c2ccc(OCC(O)COC(=O)c3ccc(OCC4(COc5ccc(C(=O)OC(C)C)cc5)COC4)cc3)cc2)cc1. The zero-order valence-corrected chi connectivity index (χ0v) is 33.8. The standard InChI is InChI=1S/C46H56O11/c1-31(2)23-37(47)24-52-39-19-11-35(12-20-39)45(5,6)36-13-21-40(22-14-36)53-25-38(48)26-54-43(49)33-7-15-41(16-8-33)55-29-46(27-51-28-46)30-56-42-17-9-34(10-18-42)44(50)57-32(3)4/h7-22,31-32,37-38,47-48H,23-30H2,1-6H3. The first-order chi connectivity index (χ1) is 27.2. The molecule has 1 aliphatic heterocycles. The summed E-state index contributed by atoms with van der Waals surface area (Å²) in [5.41, 5.74) is 2.33. The lowest BCUT2D eigenvalue weighted by Crippen LogP contribution is -2.51. The van der Waals surface area contributed by atoms with Crippen LogP contribution in [0.3, 0.4) is 0 Å². The first-order valence-electron chi connectivity index (χ1n) is 19.5. The van der Waals surface area contributed by atoms with E-state index in [2.05, 4.69) is 27.7 Å². The van der Waals surface area contributed by atoms with E-state index in [0.717, 1.165) is 16.9 Å². The molecular weight excluding hydrogens is 728 g/mol. The minimum atomic E-state index is -1.03. The first kappa shape index (κ1) is 43.0. The monoisotopic (exact) mass is 784 g/mol. The van der Waals surface area contributed by atoms with Crippen LogP contribution >= 0.6 is 0 Å². The molecule has 1 heterocycles. The van der Waals surface area contributed by atoms with E-state index < -0.39 is 18.2 Å². The minimum absolute atomic E-state index is 0.0520. The lowest BCUT2D eigenvalue weighted by atomic mass is 9.78. The number of ether oxygens (including phenoxy) is 7. The van der Waals surface area contributed by atoms with Crippen molar-refractivity contribution < 1.29 is 53.0 Å². The van der Waals surface area contributed by atoms with E-state index in [1.165, 1.54) is 0 Å². The van der Waals surface area contributed by atoms with E-state index in [9.17, 15) is 19.8 Å². The number of esters is 2. The highest BCUT2D eigenvalue weighted by atomic mass is 16.6.